The Labute approximate surface area is 173 Å². The molecule has 1 fully saturated rings. The molecule has 9 heteroatoms. The van der Waals surface area contributed by atoms with Gasteiger partial charge in [-0.25, -0.2) is 19.3 Å². The highest BCUT2D eigenvalue weighted by molar-refractivity contribution is 5.81. The zero-order valence-corrected chi connectivity index (χ0v) is 16.7. The molecule has 5 N–H and O–H groups in total. The van der Waals surface area contributed by atoms with Crippen molar-refractivity contribution < 1.29 is 9.50 Å². The Kier molecular flexibility index (Phi) is 5.45. The molecule has 0 spiro atoms. The van der Waals surface area contributed by atoms with Gasteiger partial charge in [-0.1, -0.05) is 6.92 Å². The number of piperidine rings is 1. The van der Waals surface area contributed by atoms with Crippen molar-refractivity contribution in [1.82, 2.24) is 24.8 Å². The highest BCUT2D eigenvalue weighted by atomic mass is 19.1. The number of aromatic hydroxyl groups is 1. The van der Waals surface area contributed by atoms with Gasteiger partial charge in [0.2, 0.25) is 5.95 Å². The smallest absolute Gasteiger partial charge is 0.220 e. The van der Waals surface area contributed by atoms with Gasteiger partial charge >= 0.3 is 0 Å². The molecule has 0 aliphatic carbocycles. The standard InChI is InChI=1S/C21H24FN7O/c1-2-29-7-4-12(5-8-29)16-10-17(28-21(24)27-16)15-9-13(30)11-26-19(15)14-3-6-25-20(23)18(14)22/h3,6,9-12,30H,2,4-5,7-8H2,1H3,(H2,23,25)(H2,24,27,28). The quantitative estimate of drug-likeness (QED) is 0.600. The van der Waals surface area contributed by atoms with E-state index in [9.17, 15) is 9.50 Å². The Hall–Kier alpha value is -3.33. The lowest BCUT2D eigenvalue weighted by atomic mass is 9.92. The average Bonchev–Trinajstić information content (AvgIpc) is 2.75. The lowest BCUT2D eigenvalue weighted by Gasteiger charge is -2.30. The van der Waals surface area contributed by atoms with Crippen molar-refractivity contribution in [3.63, 3.8) is 0 Å². The number of aromatic nitrogens is 4. The molecule has 3 aromatic rings. The first-order chi connectivity index (χ1) is 14.5. The van der Waals surface area contributed by atoms with Crippen molar-refractivity contribution >= 4 is 11.8 Å². The van der Waals surface area contributed by atoms with Gasteiger partial charge in [0.25, 0.3) is 0 Å². The van der Waals surface area contributed by atoms with Gasteiger partial charge in [-0.05, 0) is 50.7 Å². The second-order valence-electron chi connectivity index (χ2n) is 7.39. The Balaban J connectivity index is 1.79. The summed E-state index contributed by atoms with van der Waals surface area (Å²) in [5, 5.41) is 10.0. The molecule has 30 heavy (non-hydrogen) atoms. The molecule has 0 unspecified atom stereocenters. The summed E-state index contributed by atoms with van der Waals surface area (Å²) in [6.07, 6.45) is 4.61. The Morgan fingerprint density at radius 1 is 1.13 bits per heavy atom. The van der Waals surface area contributed by atoms with Crippen molar-refractivity contribution in [3.8, 4) is 28.3 Å². The molecule has 4 heterocycles. The number of nitrogens with zero attached hydrogens (tertiary/aromatic N) is 5. The molecule has 4 rings (SSSR count). The molecule has 1 aliphatic rings. The summed E-state index contributed by atoms with van der Waals surface area (Å²) in [7, 11) is 0. The number of nitrogen functional groups attached to an aromatic ring is 2. The largest absolute Gasteiger partial charge is 0.506 e. The second kappa shape index (κ2) is 8.19. The lowest BCUT2D eigenvalue weighted by Crippen LogP contribution is -2.32. The molecule has 1 saturated heterocycles. The van der Waals surface area contributed by atoms with E-state index in [1.807, 2.05) is 6.07 Å². The van der Waals surface area contributed by atoms with E-state index < -0.39 is 5.82 Å². The molecule has 3 aromatic heterocycles. The van der Waals surface area contributed by atoms with Gasteiger partial charge in [-0.2, -0.15) is 0 Å². The van der Waals surface area contributed by atoms with E-state index in [1.54, 1.807) is 0 Å². The van der Waals surface area contributed by atoms with Crippen LogP contribution >= 0.6 is 0 Å². The first-order valence-electron chi connectivity index (χ1n) is 9.92. The molecule has 0 amide bonds. The maximum atomic E-state index is 14.7. The van der Waals surface area contributed by atoms with Crippen LogP contribution in [-0.2, 0) is 0 Å². The van der Waals surface area contributed by atoms with E-state index in [2.05, 4.69) is 31.8 Å². The summed E-state index contributed by atoms with van der Waals surface area (Å²) < 4.78 is 14.7. The zero-order chi connectivity index (χ0) is 21.3. The maximum absolute atomic E-state index is 14.7. The number of likely N-dealkylation sites (tertiary alicyclic amines) is 1. The molecule has 0 atom stereocenters. The fourth-order valence-electron chi connectivity index (χ4n) is 3.88. The number of nitrogens with two attached hydrogens (primary N) is 2. The molecule has 1 aliphatic heterocycles. The third kappa shape index (κ3) is 3.88. The summed E-state index contributed by atoms with van der Waals surface area (Å²) in [6, 6.07) is 4.83. The minimum atomic E-state index is -0.675. The van der Waals surface area contributed by atoms with E-state index in [-0.39, 0.29) is 29.0 Å². The van der Waals surface area contributed by atoms with E-state index in [0.29, 0.717) is 17.0 Å². The van der Waals surface area contributed by atoms with E-state index in [4.69, 9.17) is 11.5 Å². The Morgan fingerprint density at radius 2 is 1.90 bits per heavy atom. The molecule has 0 bridgehead atoms. The molecular weight excluding hydrogens is 385 g/mol. The fourth-order valence-corrected chi connectivity index (χ4v) is 3.88. The van der Waals surface area contributed by atoms with Crippen LogP contribution in [-0.4, -0.2) is 49.6 Å². The van der Waals surface area contributed by atoms with Gasteiger partial charge in [0.1, 0.15) is 5.75 Å². The summed E-state index contributed by atoms with van der Waals surface area (Å²) >= 11 is 0. The molecule has 0 radical (unpaired) electrons. The van der Waals surface area contributed by atoms with Crippen LogP contribution in [0.3, 0.4) is 0 Å². The molecular formula is C21H24FN7O. The molecule has 8 nitrogen and oxygen atoms in total. The van der Waals surface area contributed by atoms with Gasteiger partial charge < -0.3 is 21.5 Å². The van der Waals surface area contributed by atoms with Gasteiger partial charge in [-0.3, -0.25) is 4.98 Å². The van der Waals surface area contributed by atoms with Crippen LogP contribution in [0.1, 0.15) is 31.4 Å². The van der Waals surface area contributed by atoms with E-state index in [1.165, 1.54) is 24.5 Å². The Bertz CT molecular complexity index is 1070. The summed E-state index contributed by atoms with van der Waals surface area (Å²) in [4.78, 5) is 19.2. The van der Waals surface area contributed by atoms with Crippen LogP contribution in [0, 0.1) is 5.82 Å². The fraction of sp³-hybridized carbons (Fsp3) is 0.333. The lowest BCUT2D eigenvalue weighted by molar-refractivity contribution is 0.221. The van der Waals surface area contributed by atoms with Crippen molar-refractivity contribution in [2.45, 2.75) is 25.7 Å². The minimum Gasteiger partial charge on any atom is -0.506 e. The highest BCUT2D eigenvalue weighted by Crippen LogP contribution is 2.36. The van der Waals surface area contributed by atoms with Crippen molar-refractivity contribution in [3.05, 3.63) is 42.1 Å². The zero-order valence-electron chi connectivity index (χ0n) is 16.7. The molecule has 0 aromatic carbocycles. The third-order valence-corrected chi connectivity index (χ3v) is 5.54. The summed E-state index contributed by atoms with van der Waals surface area (Å²) in [6.45, 7) is 5.19. The van der Waals surface area contributed by atoms with E-state index in [0.717, 1.165) is 38.2 Å². The van der Waals surface area contributed by atoms with Crippen LogP contribution in [0.4, 0.5) is 16.2 Å². The maximum Gasteiger partial charge on any atom is 0.220 e. The predicted octanol–water partition coefficient (Wildman–Crippen LogP) is 2.81. The normalized spacial score (nSPS) is 15.4. The number of hydrogen-bond donors (Lipinski definition) is 3. The topological polar surface area (TPSA) is 127 Å². The van der Waals surface area contributed by atoms with Gasteiger partial charge in [0.15, 0.2) is 11.6 Å². The summed E-state index contributed by atoms with van der Waals surface area (Å²) in [5.74, 6) is -0.570. The monoisotopic (exact) mass is 409 g/mol. The first-order valence-corrected chi connectivity index (χ1v) is 9.92. The third-order valence-electron chi connectivity index (χ3n) is 5.54. The molecule has 0 saturated carbocycles. The van der Waals surface area contributed by atoms with Crippen LogP contribution in [0.15, 0.2) is 30.6 Å². The number of pyridine rings is 2. The second-order valence-corrected chi connectivity index (χ2v) is 7.39. The van der Waals surface area contributed by atoms with Crippen LogP contribution in [0.2, 0.25) is 0 Å². The van der Waals surface area contributed by atoms with Crippen molar-refractivity contribution in [2.24, 2.45) is 0 Å². The van der Waals surface area contributed by atoms with Gasteiger partial charge in [0.05, 0.1) is 17.6 Å². The summed E-state index contributed by atoms with van der Waals surface area (Å²) in [5.41, 5.74) is 13.9. The molecule has 156 valence electrons. The van der Waals surface area contributed by atoms with Gasteiger partial charge in [-0.15, -0.1) is 0 Å². The SMILES string of the molecule is CCN1CCC(c2cc(-c3cc(O)cnc3-c3ccnc(N)c3F)nc(N)n2)CC1. The Morgan fingerprint density at radius 3 is 2.63 bits per heavy atom. The van der Waals surface area contributed by atoms with Crippen LogP contribution in [0.25, 0.3) is 22.5 Å². The number of halogens is 1. The number of hydrogen-bond acceptors (Lipinski definition) is 8. The van der Waals surface area contributed by atoms with Gasteiger partial charge in [0, 0.05) is 28.9 Å². The van der Waals surface area contributed by atoms with Crippen molar-refractivity contribution in [1.29, 1.82) is 0 Å². The van der Waals surface area contributed by atoms with E-state index >= 15 is 0 Å². The number of anilines is 2. The van der Waals surface area contributed by atoms with Crippen LogP contribution in [0.5, 0.6) is 5.75 Å². The average molecular weight is 409 g/mol. The predicted molar refractivity (Wildman–Crippen MR) is 113 cm³/mol. The first kappa shape index (κ1) is 20.0. The number of rotatable bonds is 4. The minimum absolute atomic E-state index is 0.0637. The highest BCUT2D eigenvalue weighted by Gasteiger charge is 2.23. The van der Waals surface area contributed by atoms with Crippen molar-refractivity contribution in [2.75, 3.05) is 31.1 Å². The van der Waals surface area contributed by atoms with Crippen LogP contribution < -0.4 is 11.5 Å².